The zero-order valence-corrected chi connectivity index (χ0v) is 18.7. The molecule has 0 bridgehead atoms. The highest BCUT2D eigenvalue weighted by Crippen LogP contribution is 2.34. The molecule has 1 aliphatic rings. The normalized spacial score (nSPS) is 14.3. The number of aromatic nitrogens is 2. The zero-order chi connectivity index (χ0) is 21.1. The van der Waals surface area contributed by atoms with Crippen molar-refractivity contribution in [3.8, 4) is 0 Å². The Labute approximate surface area is 184 Å². The summed E-state index contributed by atoms with van der Waals surface area (Å²) in [4.78, 5) is 32.6. The van der Waals surface area contributed by atoms with E-state index in [1.807, 2.05) is 37.3 Å². The summed E-state index contributed by atoms with van der Waals surface area (Å²) in [5, 5.41) is 4.36. The predicted molar refractivity (Wildman–Crippen MR) is 124 cm³/mol. The average Bonchev–Trinajstić information content (AvgIpc) is 3.13. The number of thioether (sulfide) groups is 1. The Morgan fingerprint density at radius 2 is 2.10 bits per heavy atom. The summed E-state index contributed by atoms with van der Waals surface area (Å²) in [5.74, 6) is 0.124. The molecule has 5 nitrogen and oxygen atoms in total. The topological polar surface area (TPSA) is 64.0 Å². The van der Waals surface area contributed by atoms with Crippen molar-refractivity contribution < 1.29 is 4.79 Å². The first-order chi connectivity index (χ1) is 14.6. The molecule has 3 aromatic rings. The number of allylic oxidation sites excluding steroid dienone is 1. The number of carbonyl (C=O) groups is 1. The maximum Gasteiger partial charge on any atom is 0.263 e. The van der Waals surface area contributed by atoms with Gasteiger partial charge in [-0.1, -0.05) is 48.2 Å². The largest absolute Gasteiger partial charge is 0.349 e. The molecule has 1 aromatic carbocycles. The van der Waals surface area contributed by atoms with E-state index in [-0.39, 0.29) is 23.3 Å². The molecule has 1 N–H and O–H groups in total. The van der Waals surface area contributed by atoms with Crippen LogP contribution in [0.15, 0.2) is 52.9 Å². The number of benzene rings is 1. The minimum atomic E-state index is -0.0821. The van der Waals surface area contributed by atoms with E-state index in [0.29, 0.717) is 11.7 Å². The molecule has 1 aliphatic carbocycles. The summed E-state index contributed by atoms with van der Waals surface area (Å²) in [7, 11) is 0. The van der Waals surface area contributed by atoms with Gasteiger partial charge in [0.1, 0.15) is 4.83 Å². The van der Waals surface area contributed by atoms with Crippen LogP contribution in [0, 0.1) is 0 Å². The van der Waals surface area contributed by atoms with Crippen LogP contribution in [0.4, 0.5) is 0 Å². The molecule has 0 saturated carbocycles. The lowest BCUT2D eigenvalue weighted by Gasteiger charge is -2.15. The summed E-state index contributed by atoms with van der Waals surface area (Å²) in [6, 6.07) is 9.79. The van der Waals surface area contributed by atoms with Crippen LogP contribution in [0.25, 0.3) is 10.2 Å². The SMILES string of the molecule is C=CCn1c(SCC(=O)NC(C)c2ccccc2)nc2sc3c(c2c1=O)CCCC3. The first kappa shape index (κ1) is 20.9. The average molecular weight is 440 g/mol. The van der Waals surface area contributed by atoms with Crippen LogP contribution in [-0.4, -0.2) is 21.2 Å². The Bertz CT molecular complexity index is 1130. The van der Waals surface area contributed by atoms with Crippen LogP contribution in [0.5, 0.6) is 0 Å². The summed E-state index contributed by atoms with van der Waals surface area (Å²) < 4.78 is 1.65. The molecule has 0 saturated heterocycles. The summed E-state index contributed by atoms with van der Waals surface area (Å²) in [6.07, 6.45) is 5.97. The number of fused-ring (bicyclic) bond motifs is 3. The van der Waals surface area contributed by atoms with E-state index in [0.717, 1.165) is 35.0 Å². The molecule has 7 heteroatoms. The fourth-order valence-corrected chi connectivity index (χ4v) is 5.98. The number of nitrogens with one attached hydrogen (secondary N) is 1. The molecule has 4 rings (SSSR count). The minimum Gasteiger partial charge on any atom is -0.349 e. The van der Waals surface area contributed by atoms with Gasteiger partial charge in [0.25, 0.3) is 5.56 Å². The number of carbonyl (C=O) groups excluding carboxylic acids is 1. The van der Waals surface area contributed by atoms with E-state index >= 15 is 0 Å². The monoisotopic (exact) mass is 439 g/mol. The third-order valence-corrected chi connectivity index (χ3v) is 7.52. The van der Waals surface area contributed by atoms with E-state index in [4.69, 9.17) is 4.98 Å². The Balaban J connectivity index is 1.56. The summed E-state index contributed by atoms with van der Waals surface area (Å²) in [6.45, 7) is 6.14. The van der Waals surface area contributed by atoms with Gasteiger partial charge in [-0.05, 0) is 43.7 Å². The molecule has 156 valence electrons. The molecule has 30 heavy (non-hydrogen) atoms. The predicted octanol–water partition coefficient (Wildman–Crippen LogP) is 4.49. The van der Waals surface area contributed by atoms with Gasteiger partial charge < -0.3 is 5.32 Å². The Morgan fingerprint density at radius 3 is 2.87 bits per heavy atom. The summed E-state index contributed by atoms with van der Waals surface area (Å²) in [5.41, 5.74) is 2.23. The molecule has 1 unspecified atom stereocenters. The molecule has 2 aromatic heterocycles. The van der Waals surface area contributed by atoms with Crippen molar-refractivity contribution in [1.82, 2.24) is 14.9 Å². The molecule has 0 spiro atoms. The Hall–Kier alpha value is -2.38. The van der Waals surface area contributed by atoms with E-state index in [9.17, 15) is 9.59 Å². The number of hydrogen-bond donors (Lipinski definition) is 1. The van der Waals surface area contributed by atoms with Gasteiger partial charge in [0.2, 0.25) is 5.91 Å². The standard InChI is InChI=1S/C23H25N3O2S2/c1-3-13-26-22(28)20-17-11-7-8-12-18(17)30-21(20)25-23(26)29-14-19(27)24-15(2)16-9-5-4-6-10-16/h3-6,9-10,15H,1,7-8,11-14H2,2H3,(H,24,27). The highest BCUT2D eigenvalue weighted by atomic mass is 32.2. The first-order valence-corrected chi connectivity index (χ1v) is 12.0. The van der Waals surface area contributed by atoms with Crippen LogP contribution in [0.3, 0.4) is 0 Å². The molecule has 0 aliphatic heterocycles. The molecule has 2 heterocycles. The molecular weight excluding hydrogens is 414 g/mol. The number of hydrogen-bond acceptors (Lipinski definition) is 5. The second-order valence-electron chi connectivity index (χ2n) is 7.48. The van der Waals surface area contributed by atoms with Crippen molar-refractivity contribution in [3.63, 3.8) is 0 Å². The van der Waals surface area contributed by atoms with E-state index in [2.05, 4.69) is 11.9 Å². The van der Waals surface area contributed by atoms with Gasteiger partial charge in [0.05, 0.1) is 17.2 Å². The van der Waals surface area contributed by atoms with Crippen molar-refractivity contribution >= 4 is 39.2 Å². The lowest BCUT2D eigenvalue weighted by Crippen LogP contribution is -2.29. The van der Waals surface area contributed by atoms with Crippen molar-refractivity contribution in [3.05, 3.63) is 69.3 Å². The van der Waals surface area contributed by atoms with Crippen LogP contribution < -0.4 is 10.9 Å². The van der Waals surface area contributed by atoms with Crippen LogP contribution in [-0.2, 0) is 24.2 Å². The second kappa shape index (κ2) is 9.18. The highest BCUT2D eigenvalue weighted by Gasteiger charge is 2.22. The third-order valence-electron chi connectivity index (χ3n) is 5.36. The molecule has 1 amide bonds. The van der Waals surface area contributed by atoms with Gasteiger partial charge in [-0.2, -0.15) is 0 Å². The second-order valence-corrected chi connectivity index (χ2v) is 9.50. The number of aryl methyl sites for hydroxylation is 2. The van der Waals surface area contributed by atoms with Crippen molar-refractivity contribution in [2.45, 2.75) is 50.4 Å². The fourth-order valence-electron chi connectivity index (χ4n) is 3.86. The lowest BCUT2D eigenvalue weighted by atomic mass is 9.97. The first-order valence-electron chi connectivity index (χ1n) is 10.2. The number of thiophene rings is 1. The molecular formula is C23H25N3O2S2. The highest BCUT2D eigenvalue weighted by molar-refractivity contribution is 7.99. The quantitative estimate of drug-likeness (QED) is 0.335. The van der Waals surface area contributed by atoms with Crippen LogP contribution in [0.1, 0.15) is 41.8 Å². The van der Waals surface area contributed by atoms with Crippen LogP contribution in [0.2, 0.25) is 0 Å². The Kier molecular flexibility index (Phi) is 6.39. The van der Waals surface area contributed by atoms with Gasteiger partial charge in [-0.25, -0.2) is 4.98 Å². The van der Waals surface area contributed by atoms with Gasteiger partial charge in [0, 0.05) is 11.4 Å². The van der Waals surface area contributed by atoms with Crippen molar-refractivity contribution in [2.75, 3.05) is 5.75 Å². The molecule has 1 atom stereocenters. The summed E-state index contributed by atoms with van der Waals surface area (Å²) >= 11 is 2.94. The molecule has 0 radical (unpaired) electrons. The van der Waals surface area contributed by atoms with Gasteiger partial charge in [0.15, 0.2) is 5.16 Å². The Morgan fingerprint density at radius 1 is 1.33 bits per heavy atom. The molecule has 0 fully saturated rings. The number of amides is 1. The number of nitrogens with zero attached hydrogens (tertiary/aromatic N) is 2. The van der Waals surface area contributed by atoms with Gasteiger partial charge in [-0.3, -0.25) is 14.2 Å². The van der Waals surface area contributed by atoms with E-state index in [1.54, 1.807) is 22.0 Å². The van der Waals surface area contributed by atoms with E-state index in [1.165, 1.54) is 28.6 Å². The zero-order valence-electron chi connectivity index (χ0n) is 17.0. The fraction of sp³-hybridized carbons (Fsp3) is 0.348. The minimum absolute atomic E-state index is 0.0140. The lowest BCUT2D eigenvalue weighted by molar-refractivity contribution is -0.119. The van der Waals surface area contributed by atoms with Crippen LogP contribution >= 0.6 is 23.1 Å². The van der Waals surface area contributed by atoms with E-state index < -0.39 is 0 Å². The van der Waals surface area contributed by atoms with Gasteiger partial charge in [-0.15, -0.1) is 17.9 Å². The smallest absolute Gasteiger partial charge is 0.263 e. The number of rotatable bonds is 7. The van der Waals surface area contributed by atoms with Crippen molar-refractivity contribution in [1.29, 1.82) is 0 Å². The van der Waals surface area contributed by atoms with Gasteiger partial charge >= 0.3 is 0 Å². The third kappa shape index (κ3) is 4.23. The maximum atomic E-state index is 13.2. The maximum absolute atomic E-state index is 13.2. The van der Waals surface area contributed by atoms with Crippen molar-refractivity contribution in [2.24, 2.45) is 0 Å².